The molecule has 0 radical (unpaired) electrons. The van der Waals surface area contributed by atoms with Crippen LogP contribution in [0.2, 0.25) is 0 Å². The molecule has 0 saturated heterocycles. The number of hydrogen-bond acceptors (Lipinski definition) is 2. The fraction of sp³-hybridized carbons (Fsp3) is 0.269. The smallest absolute Gasteiger partial charge is 0.303 e. The fourth-order valence-corrected chi connectivity index (χ4v) is 4.40. The summed E-state index contributed by atoms with van der Waals surface area (Å²) in [6.07, 6.45) is 4.75. The minimum absolute atomic E-state index is 0.156. The summed E-state index contributed by atoms with van der Waals surface area (Å²) in [5.41, 5.74) is 5.22. The number of fused-ring (bicyclic) bond motifs is 1. The summed E-state index contributed by atoms with van der Waals surface area (Å²) in [7, 11) is 0. The number of rotatable bonds is 5. The van der Waals surface area contributed by atoms with E-state index >= 15 is 0 Å². The number of furan rings is 1. The molecule has 2 atom stereocenters. The zero-order valence-electron chi connectivity index (χ0n) is 17.4. The molecule has 0 bridgehead atoms. The highest BCUT2D eigenvalue weighted by atomic mass is 19.1. The Kier molecular flexibility index (Phi) is 5.33. The van der Waals surface area contributed by atoms with E-state index in [4.69, 9.17) is 9.52 Å². The highest BCUT2D eigenvalue weighted by molar-refractivity contribution is 5.75. The van der Waals surface area contributed by atoms with Gasteiger partial charge in [0.1, 0.15) is 17.3 Å². The molecule has 1 N–H and O–H groups in total. The van der Waals surface area contributed by atoms with Crippen LogP contribution in [0.15, 0.2) is 53.0 Å². The summed E-state index contributed by atoms with van der Waals surface area (Å²) < 4.78 is 20.8. The van der Waals surface area contributed by atoms with Gasteiger partial charge in [-0.05, 0) is 73.1 Å². The Hall–Kier alpha value is -3.14. The predicted molar refractivity (Wildman–Crippen MR) is 117 cm³/mol. The molecule has 3 nitrogen and oxygen atoms in total. The van der Waals surface area contributed by atoms with Gasteiger partial charge < -0.3 is 9.52 Å². The van der Waals surface area contributed by atoms with Crippen molar-refractivity contribution in [3.05, 3.63) is 76.8 Å². The summed E-state index contributed by atoms with van der Waals surface area (Å²) in [6.45, 7) is 5.92. The first kappa shape index (κ1) is 20.1. The van der Waals surface area contributed by atoms with Crippen molar-refractivity contribution in [2.24, 2.45) is 5.92 Å². The molecule has 4 heteroatoms. The summed E-state index contributed by atoms with van der Waals surface area (Å²) in [5, 5.41) is 8.98. The lowest BCUT2D eigenvalue weighted by molar-refractivity contribution is -0.137. The Morgan fingerprint density at radius 2 is 1.90 bits per heavy atom. The minimum Gasteiger partial charge on any atom is -0.481 e. The molecule has 0 spiro atoms. The lowest BCUT2D eigenvalue weighted by atomic mass is 9.81. The SMILES string of the molecule is Cc1cc(C)c(-c2cccc(-c3cc4c(o3)C=CC(CCC(=O)O)C4C)c2)c(F)c1. The largest absolute Gasteiger partial charge is 0.481 e. The Bertz CT molecular complexity index is 1120. The van der Waals surface area contributed by atoms with E-state index in [1.165, 1.54) is 0 Å². The maximum atomic E-state index is 14.7. The Balaban J connectivity index is 1.67. The van der Waals surface area contributed by atoms with Gasteiger partial charge >= 0.3 is 5.97 Å². The van der Waals surface area contributed by atoms with Crippen LogP contribution in [-0.4, -0.2) is 11.1 Å². The Morgan fingerprint density at radius 1 is 1.13 bits per heavy atom. The third kappa shape index (κ3) is 3.82. The van der Waals surface area contributed by atoms with Crippen LogP contribution in [-0.2, 0) is 4.79 Å². The van der Waals surface area contributed by atoms with E-state index in [1.54, 1.807) is 6.07 Å². The van der Waals surface area contributed by atoms with Crippen molar-refractivity contribution in [3.8, 4) is 22.5 Å². The first-order valence-electron chi connectivity index (χ1n) is 10.2. The van der Waals surface area contributed by atoms with Gasteiger partial charge in [-0.3, -0.25) is 4.79 Å². The first-order chi connectivity index (χ1) is 14.3. The summed E-state index contributed by atoms with van der Waals surface area (Å²) in [4.78, 5) is 10.9. The molecule has 1 heterocycles. The van der Waals surface area contributed by atoms with Crippen molar-refractivity contribution in [1.29, 1.82) is 0 Å². The number of aliphatic carboxylic acids is 1. The van der Waals surface area contributed by atoms with Gasteiger partial charge in [0.05, 0.1) is 0 Å². The molecule has 3 aromatic rings. The molecule has 154 valence electrons. The van der Waals surface area contributed by atoms with E-state index in [-0.39, 0.29) is 24.1 Å². The molecule has 2 aromatic carbocycles. The normalized spacial score (nSPS) is 17.7. The van der Waals surface area contributed by atoms with Crippen molar-refractivity contribution in [2.75, 3.05) is 0 Å². The van der Waals surface area contributed by atoms with Crippen molar-refractivity contribution in [2.45, 2.75) is 39.5 Å². The molecule has 1 aromatic heterocycles. The summed E-state index contributed by atoms with van der Waals surface area (Å²) in [6, 6.07) is 13.3. The van der Waals surface area contributed by atoms with Gasteiger partial charge in [-0.25, -0.2) is 4.39 Å². The lowest BCUT2D eigenvalue weighted by Gasteiger charge is -2.23. The second kappa shape index (κ2) is 7.94. The molecule has 0 saturated carbocycles. The van der Waals surface area contributed by atoms with Crippen LogP contribution >= 0.6 is 0 Å². The van der Waals surface area contributed by atoms with E-state index < -0.39 is 5.97 Å². The molecular weight excluding hydrogens is 379 g/mol. The average Bonchev–Trinajstić information content (AvgIpc) is 3.12. The maximum absolute atomic E-state index is 14.7. The van der Waals surface area contributed by atoms with Crippen molar-refractivity contribution < 1.29 is 18.7 Å². The number of benzene rings is 2. The first-order valence-corrected chi connectivity index (χ1v) is 10.2. The third-order valence-electron chi connectivity index (χ3n) is 5.98. The average molecular weight is 404 g/mol. The molecule has 1 aliphatic carbocycles. The van der Waals surface area contributed by atoms with E-state index in [1.807, 2.05) is 62.4 Å². The summed E-state index contributed by atoms with van der Waals surface area (Å²) >= 11 is 0. The molecule has 0 amide bonds. The Labute approximate surface area is 175 Å². The van der Waals surface area contributed by atoms with Gasteiger partial charge in [-0.1, -0.05) is 37.3 Å². The zero-order valence-corrected chi connectivity index (χ0v) is 17.4. The van der Waals surface area contributed by atoms with Crippen LogP contribution in [0.5, 0.6) is 0 Å². The van der Waals surface area contributed by atoms with Gasteiger partial charge in [0.15, 0.2) is 0 Å². The number of allylic oxidation sites excluding steroid dienone is 1. The van der Waals surface area contributed by atoms with Crippen LogP contribution < -0.4 is 0 Å². The third-order valence-corrected chi connectivity index (χ3v) is 5.98. The van der Waals surface area contributed by atoms with Crippen LogP contribution in [0.4, 0.5) is 4.39 Å². The maximum Gasteiger partial charge on any atom is 0.303 e. The van der Waals surface area contributed by atoms with Gasteiger partial charge in [0, 0.05) is 23.1 Å². The van der Waals surface area contributed by atoms with Crippen molar-refractivity contribution in [3.63, 3.8) is 0 Å². The highest BCUT2D eigenvalue weighted by Crippen LogP contribution is 2.41. The number of carboxylic acids is 1. The molecule has 1 aliphatic rings. The lowest BCUT2D eigenvalue weighted by Crippen LogP contribution is -2.12. The summed E-state index contributed by atoms with van der Waals surface area (Å²) in [5.74, 6) is 0.914. The monoisotopic (exact) mass is 404 g/mol. The van der Waals surface area contributed by atoms with Gasteiger partial charge in [0.25, 0.3) is 0 Å². The molecule has 30 heavy (non-hydrogen) atoms. The van der Waals surface area contributed by atoms with Gasteiger partial charge in [-0.15, -0.1) is 0 Å². The van der Waals surface area contributed by atoms with Gasteiger partial charge in [0.2, 0.25) is 0 Å². The number of hydrogen-bond donors (Lipinski definition) is 1. The number of halogens is 1. The van der Waals surface area contributed by atoms with Crippen molar-refractivity contribution >= 4 is 12.0 Å². The van der Waals surface area contributed by atoms with Crippen LogP contribution in [0.3, 0.4) is 0 Å². The van der Waals surface area contributed by atoms with Crippen LogP contribution in [0.1, 0.15) is 48.1 Å². The molecule has 2 unspecified atom stereocenters. The van der Waals surface area contributed by atoms with Crippen molar-refractivity contribution in [1.82, 2.24) is 0 Å². The van der Waals surface area contributed by atoms with E-state index in [0.29, 0.717) is 12.0 Å². The zero-order chi connectivity index (χ0) is 21.4. The van der Waals surface area contributed by atoms with Crippen LogP contribution in [0, 0.1) is 25.6 Å². The fourth-order valence-electron chi connectivity index (χ4n) is 4.40. The standard InChI is InChI=1S/C26H25FO3/c1-15-11-16(2)26(22(27)12-15)20-6-4-5-19(13-20)24-14-21-17(3)18(8-10-25(28)29)7-9-23(21)30-24/h4-7,9,11-14,17-18H,8,10H2,1-3H3,(H,28,29). The predicted octanol–water partition coefficient (Wildman–Crippen LogP) is 6.98. The van der Waals surface area contributed by atoms with E-state index in [0.717, 1.165) is 39.3 Å². The topological polar surface area (TPSA) is 50.4 Å². The van der Waals surface area contributed by atoms with Crippen LogP contribution in [0.25, 0.3) is 28.5 Å². The quantitative estimate of drug-likeness (QED) is 0.499. The molecule has 4 rings (SSSR count). The number of carbonyl (C=O) groups is 1. The molecular formula is C26H25FO3. The van der Waals surface area contributed by atoms with E-state index in [9.17, 15) is 9.18 Å². The molecule has 0 fully saturated rings. The number of aryl methyl sites for hydroxylation is 2. The second-order valence-corrected chi connectivity index (χ2v) is 8.19. The second-order valence-electron chi connectivity index (χ2n) is 8.19. The minimum atomic E-state index is -0.773. The molecule has 0 aliphatic heterocycles. The number of carboxylic acid groups (broad SMARTS) is 1. The van der Waals surface area contributed by atoms with E-state index in [2.05, 4.69) is 6.92 Å². The Morgan fingerprint density at radius 3 is 2.63 bits per heavy atom. The highest BCUT2D eigenvalue weighted by Gasteiger charge is 2.26. The van der Waals surface area contributed by atoms with Gasteiger partial charge in [-0.2, -0.15) is 0 Å².